The molecule has 0 atom stereocenters. The fourth-order valence-corrected chi connectivity index (χ4v) is 3.78. The van der Waals surface area contributed by atoms with Crippen LogP contribution in [0.1, 0.15) is 31.0 Å². The lowest BCUT2D eigenvalue weighted by Crippen LogP contribution is -2.39. The molecular formula is C20H25N5O2. The molecule has 0 bridgehead atoms. The van der Waals surface area contributed by atoms with Crippen LogP contribution in [0.5, 0.6) is 0 Å². The van der Waals surface area contributed by atoms with Crippen molar-refractivity contribution in [3.63, 3.8) is 0 Å². The number of anilines is 1. The Bertz CT molecular complexity index is 804. The summed E-state index contributed by atoms with van der Waals surface area (Å²) < 4.78 is 5.19. The number of nitrogens with zero attached hydrogens (tertiary/aromatic N) is 4. The van der Waals surface area contributed by atoms with Crippen LogP contribution in [0.3, 0.4) is 0 Å². The van der Waals surface area contributed by atoms with E-state index in [0.29, 0.717) is 12.4 Å². The second kappa shape index (κ2) is 8.00. The summed E-state index contributed by atoms with van der Waals surface area (Å²) in [7, 11) is 0. The summed E-state index contributed by atoms with van der Waals surface area (Å²) in [5.41, 5.74) is 3.07. The Labute approximate surface area is 159 Å². The number of carbonyl (C=O) groups excluding carboxylic acids is 1. The van der Waals surface area contributed by atoms with Crippen molar-refractivity contribution < 1.29 is 9.53 Å². The first-order valence-electron chi connectivity index (χ1n) is 9.69. The summed E-state index contributed by atoms with van der Waals surface area (Å²) in [6.07, 6.45) is 4.25. The molecule has 2 aliphatic rings. The number of hydrogen-bond acceptors (Lipinski definition) is 7. The van der Waals surface area contributed by atoms with Crippen molar-refractivity contribution in [3.8, 4) is 11.5 Å². The predicted octanol–water partition coefficient (Wildman–Crippen LogP) is 1.96. The lowest BCUT2D eigenvalue weighted by molar-refractivity contribution is -0.148. The van der Waals surface area contributed by atoms with E-state index in [1.165, 1.54) is 5.56 Å². The van der Waals surface area contributed by atoms with Crippen LogP contribution in [0, 0.1) is 5.92 Å². The second-order valence-electron chi connectivity index (χ2n) is 6.95. The Morgan fingerprint density at radius 3 is 2.89 bits per heavy atom. The molecule has 142 valence electrons. The van der Waals surface area contributed by atoms with Crippen LogP contribution in [-0.2, 0) is 22.5 Å². The van der Waals surface area contributed by atoms with Crippen molar-refractivity contribution in [2.24, 2.45) is 5.92 Å². The Morgan fingerprint density at radius 1 is 1.30 bits per heavy atom. The molecule has 0 amide bonds. The first kappa shape index (κ1) is 17.9. The lowest BCUT2D eigenvalue weighted by atomic mass is 9.96. The van der Waals surface area contributed by atoms with E-state index in [9.17, 15) is 4.79 Å². The van der Waals surface area contributed by atoms with E-state index in [1.54, 1.807) is 6.20 Å². The topological polar surface area (TPSA) is 80.2 Å². The molecule has 2 aliphatic heterocycles. The molecule has 1 N–H and O–H groups in total. The molecule has 2 aromatic rings. The number of fused-ring (bicyclic) bond motifs is 1. The maximum absolute atomic E-state index is 12.0. The third-order valence-electron chi connectivity index (χ3n) is 5.22. The Morgan fingerprint density at radius 2 is 2.15 bits per heavy atom. The number of aromatic nitrogens is 3. The summed E-state index contributed by atoms with van der Waals surface area (Å²) in [6.45, 7) is 5.61. The molecule has 7 nitrogen and oxygen atoms in total. The first-order chi connectivity index (χ1) is 13.3. The van der Waals surface area contributed by atoms with Gasteiger partial charge in [0.1, 0.15) is 11.5 Å². The molecule has 0 unspecified atom stereocenters. The summed E-state index contributed by atoms with van der Waals surface area (Å²) in [6, 6.07) is 5.80. The van der Waals surface area contributed by atoms with Gasteiger partial charge in [0.15, 0.2) is 5.82 Å². The first-order valence-corrected chi connectivity index (χ1v) is 9.69. The molecular weight excluding hydrogens is 342 g/mol. The van der Waals surface area contributed by atoms with Gasteiger partial charge in [0.2, 0.25) is 0 Å². The average molecular weight is 367 g/mol. The number of esters is 1. The maximum Gasteiger partial charge on any atom is 0.309 e. The fourth-order valence-electron chi connectivity index (χ4n) is 3.78. The van der Waals surface area contributed by atoms with E-state index >= 15 is 0 Å². The zero-order valence-electron chi connectivity index (χ0n) is 15.6. The standard InChI is InChI=1S/C20H25N5O2/c1-2-27-20(26)14-7-11-25(12-8-14)19-15-13-21-10-6-16(15)23-18(24-19)17-5-3-4-9-22-17/h3-5,9,14,21H,2,6-8,10-13H2,1H3. The number of rotatable bonds is 4. The Kier molecular flexibility index (Phi) is 5.29. The van der Waals surface area contributed by atoms with Crippen LogP contribution in [0.25, 0.3) is 11.5 Å². The van der Waals surface area contributed by atoms with Gasteiger partial charge in [-0.3, -0.25) is 9.78 Å². The molecule has 2 aromatic heterocycles. The number of carbonyl (C=O) groups is 1. The van der Waals surface area contributed by atoms with Gasteiger partial charge < -0.3 is 15.0 Å². The van der Waals surface area contributed by atoms with Crippen LogP contribution in [0.15, 0.2) is 24.4 Å². The monoisotopic (exact) mass is 367 g/mol. The summed E-state index contributed by atoms with van der Waals surface area (Å²) >= 11 is 0. The van der Waals surface area contributed by atoms with Gasteiger partial charge in [-0.05, 0) is 31.9 Å². The van der Waals surface area contributed by atoms with E-state index in [-0.39, 0.29) is 11.9 Å². The molecule has 1 fully saturated rings. The highest BCUT2D eigenvalue weighted by Gasteiger charge is 2.29. The van der Waals surface area contributed by atoms with E-state index in [4.69, 9.17) is 14.7 Å². The molecule has 4 rings (SSSR count). The van der Waals surface area contributed by atoms with Gasteiger partial charge >= 0.3 is 5.97 Å². The molecule has 7 heteroatoms. The highest BCUT2D eigenvalue weighted by molar-refractivity contribution is 5.73. The Balaban J connectivity index is 1.61. The number of piperidine rings is 1. The van der Waals surface area contributed by atoms with Crippen molar-refractivity contribution >= 4 is 11.8 Å². The number of nitrogens with one attached hydrogen (secondary N) is 1. The van der Waals surface area contributed by atoms with Crippen LogP contribution in [0.4, 0.5) is 5.82 Å². The molecule has 1 saturated heterocycles. The van der Waals surface area contributed by atoms with Gasteiger partial charge in [0.05, 0.1) is 18.2 Å². The highest BCUT2D eigenvalue weighted by atomic mass is 16.5. The molecule has 0 aromatic carbocycles. The third-order valence-corrected chi connectivity index (χ3v) is 5.22. The summed E-state index contributed by atoms with van der Waals surface area (Å²) in [4.78, 5) is 28.4. The predicted molar refractivity (Wildman–Crippen MR) is 102 cm³/mol. The largest absolute Gasteiger partial charge is 0.466 e. The number of pyridine rings is 1. The normalized spacial score (nSPS) is 17.4. The van der Waals surface area contributed by atoms with Gasteiger partial charge in [-0.15, -0.1) is 0 Å². The highest BCUT2D eigenvalue weighted by Crippen LogP contribution is 2.30. The third kappa shape index (κ3) is 3.78. The van der Waals surface area contributed by atoms with E-state index < -0.39 is 0 Å². The zero-order valence-corrected chi connectivity index (χ0v) is 15.6. The Hall–Kier alpha value is -2.54. The minimum atomic E-state index is -0.0716. The molecule has 0 aliphatic carbocycles. The number of hydrogen-bond donors (Lipinski definition) is 1. The molecule has 27 heavy (non-hydrogen) atoms. The average Bonchev–Trinajstić information content (AvgIpc) is 2.74. The van der Waals surface area contributed by atoms with Crippen LogP contribution >= 0.6 is 0 Å². The number of ether oxygens (including phenoxy) is 1. The van der Waals surface area contributed by atoms with E-state index in [2.05, 4.69) is 15.2 Å². The van der Waals surface area contributed by atoms with Crippen LogP contribution in [0.2, 0.25) is 0 Å². The van der Waals surface area contributed by atoms with Gasteiger partial charge in [-0.2, -0.15) is 0 Å². The second-order valence-corrected chi connectivity index (χ2v) is 6.95. The van der Waals surface area contributed by atoms with Gasteiger partial charge in [0, 0.05) is 44.4 Å². The SMILES string of the molecule is CCOC(=O)C1CCN(c2nc(-c3ccccn3)nc3c2CNCC3)CC1. The van der Waals surface area contributed by atoms with Crippen LogP contribution in [-0.4, -0.2) is 47.2 Å². The van der Waals surface area contributed by atoms with E-state index in [1.807, 2.05) is 25.1 Å². The van der Waals surface area contributed by atoms with Gasteiger partial charge in [0.25, 0.3) is 0 Å². The van der Waals surface area contributed by atoms with Crippen molar-refractivity contribution in [2.45, 2.75) is 32.7 Å². The van der Waals surface area contributed by atoms with Gasteiger partial charge in [-0.25, -0.2) is 9.97 Å². The summed E-state index contributed by atoms with van der Waals surface area (Å²) in [5.74, 6) is 1.58. The summed E-state index contributed by atoms with van der Waals surface area (Å²) in [5, 5.41) is 3.43. The van der Waals surface area contributed by atoms with E-state index in [0.717, 1.165) is 62.6 Å². The maximum atomic E-state index is 12.0. The van der Waals surface area contributed by atoms with Crippen molar-refractivity contribution in [3.05, 3.63) is 35.7 Å². The minimum Gasteiger partial charge on any atom is -0.466 e. The lowest BCUT2D eigenvalue weighted by Gasteiger charge is -2.34. The fraction of sp³-hybridized carbons (Fsp3) is 0.500. The van der Waals surface area contributed by atoms with Crippen molar-refractivity contribution in [1.29, 1.82) is 0 Å². The quantitative estimate of drug-likeness (QED) is 0.828. The molecule has 0 radical (unpaired) electrons. The zero-order chi connectivity index (χ0) is 18.6. The van der Waals surface area contributed by atoms with Crippen LogP contribution < -0.4 is 10.2 Å². The van der Waals surface area contributed by atoms with Crippen molar-refractivity contribution in [1.82, 2.24) is 20.3 Å². The molecule has 4 heterocycles. The molecule has 0 spiro atoms. The van der Waals surface area contributed by atoms with Crippen molar-refractivity contribution in [2.75, 3.05) is 31.1 Å². The molecule has 0 saturated carbocycles. The van der Waals surface area contributed by atoms with Gasteiger partial charge in [-0.1, -0.05) is 6.07 Å². The smallest absolute Gasteiger partial charge is 0.309 e. The minimum absolute atomic E-state index is 0.00718.